The van der Waals surface area contributed by atoms with Crippen molar-refractivity contribution in [3.05, 3.63) is 249 Å². The predicted octanol–water partition coefficient (Wildman–Crippen LogP) is 16.8. The maximum Gasteiger partial charge on any atom is 0.0710 e. The molecule has 0 radical (unpaired) electrons. The maximum atomic E-state index is 5.17. The van der Waals surface area contributed by atoms with Crippen molar-refractivity contribution < 1.29 is 0 Å². The van der Waals surface area contributed by atoms with Gasteiger partial charge in [-0.25, -0.2) is 4.98 Å². The number of hydrogen-bond acceptors (Lipinski definition) is 1. The van der Waals surface area contributed by atoms with E-state index in [0.29, 0.717) is 0 Å². The minimum absolute atomic E-state index is 0.941. The van der Waals surface area contributed by atoms with Gasteiger partial charge >= 0.3 is 0 Å². The minimum atomic E-state index is 0.941. The van der Waals surface area contributed by atoms with Crippen LogP contribution in [0.25, 0.3) is 132 Å². The first-order chi connectivity index (χ1) is 34.8. The van der Waals surface area contributed by atoms with Gasteiger partial charge in [0.05, 0.1) is 55.5 Å². The van der Waals surface area contributed by atoms with E-state index in [0.717, 1.165) is 56.3 Å². The number of aromatic nitrogens is 5. The Kier molecular flexibility index (Phi) is 8.29. The molecule has 5 nitrogen and oxygen atoms in total. The molecule has 0 spiro atoms. The molecule has 5 heterocycles. The summed E-state index contributed by atoms with van der Waals surface area (Å²) in [5, 5.41) is 9.82. The van der Waals surface area contributed by atoms with E-state index in [1.165, 1.54) is 76.2 Å². The second-order valence-electron chi connectivity index (χ2n) is 18.3. The third-order valence-corrected chi connectivity index (χ3v) is 14.5. The summed E-state index contributed by atoms with van der Waals surface area (Å²) >= 11 is 0. The SMILES string of the molecule is c1ccc(-c2cccc(-c3cccc(-n4c5ccccc5c5ccc6c(c7ccccc7n6-c6cccc(-n7c8ccccc8c8ccc9c(c%10ccccc%10n9-c9ccccc9)c87)c6)c54)c3)n2)cc1. The Bertz CT molecular complexity index is 4590. The number of pyridine rings is 1. The normalized spacial score (nSPS) is 12.0. The molecule has 15 rings (SSSR count). The van der Waals surface area contributed by atoms with Gasteiger partial charge in [-0.15, -0.1) is 0 Å². The zero-order valence-electron chi connectivity index (χ0n) is 37.9. The summed E-state index contributed by atoms with van der Waals surface area (Å²) in [5.74, 6) is 0. The monoisotopic (exact) mass is 891 g/mol. The lowest BCUT2D eigenvalue weighted by Crippen LogP contribution is -1.99. The highest BCUT2D eigenvalue weighted by Gasteiger charge is 2.24. The molecule has 0 aliphatic heterocycles. The Morgan fingerprint density at radius 1 is 0.229 bits per heavy atom. The zero-order valence-corrected chi connectivity index (χ0v) is 37.9. The molecular formula is C65H41N5. The quantitative estimate of drug-likeness (QED) is 0.164. The molecule has 0 atom stereocenters. The highest BCUT2D eigenvalue weighted by atomic mass is 15.0. The molecule has 0 aliphatic rings. The van der Waals surface area contributed by atoms with Crippen LogP contribution in [-0.2, 0) is 0 Å². The Labute approximate surface area is 402 Å². The van der Waals surface area contributed by atoms with Crippen LogP contribution >= 0.6 is 0 Å². The van der Waals surface area contributed by atoms with Crippen molar-refractivity contribution in [2.75, 3.05) is 0 Å². The Hall–Kier alpha value is -9.45. The lowest BCUT2D eigenvalue weighted by Gasteiger charge is -2.14. The third-order valence-electron chi connectivity index (χ3n) is 14.5. The lowest BCUT2D eigenvalue weighted by atomic mass is 10.1. The maximum absolute atomic E-state index is 5.17. The van der Waals surface area contributed by atoms with Crippen LogP contribution in [0.2, 0.25) is 0 Å². The highest BCUT2D eigenvalue weighted by Crippen LogP contribution is 2.45. The summed E-state index contributed by atoms with van der Waals surface area (Å²) in [6.07, 6.45) is 0. The second-order valence-corrected chi connectivity index (χ2v) is 18.3. The molecule has 0 amide bonds. The number of nitrogens with zero attached hydrogens (tertiary/aromatic N) is 5. The number of para-hydroxylation sites is 5. The van der Waals surface area contributed by atoms with Gasteiger partial charge in [0.1, 0.15) is 0 Å². The Morgan fingerprint density at radius 3 is 1.19 bits per heavy atom. The number of rotatable bonds is 6. The predicted molar refractivity (Wildman–Crippen MR) is 292 cm³/mol. The molecule has 0 fully saturated rings. The van der Waals surface area contributed by atoms with Crippen molar-refractivity contribution in [1.29, 1.82) is 0 Å². The van der Waals surface area contributed by atoms with Crippen molar-refractivity contribution in [1.82, 2.24) is 23.3 Å². The van der Waals surface area contributed by atoms with Crippen LogP contribution in [0.15, 0.2) is 249 Å². The Balaban J connectivity index is 0.972. The zero-order chi connectivity index (χ0) is 45.9. The van der Waals surface area contributed by atoms with Crippen molar-refractivity contribution in [3.8, 4) is 45.3 Å². The van der Waals surface area contributed by atoms with Crippen LogP contribution in [0.3, 0.4) is 0 Å². The fourth-order valence-corrected chi connectivity index (χ4v) is 11.6. The summed E-state index contributed by atoms with van der Waals surface area (Å²) < 4.78 is 9.85. The summed E-state index contributed by atoms with van der Waals surface area (Å²) in [6.45, 7) is 0. The van der Waals surface area contributed by atoms with E-state index >= 15 is 0 Å². The van der Waals surface area contributed by atoms with Crippen LogP contribution in [-0.4, -0.2) is 23.3 Å². The van der Waals surface area contributed by atoms with Gasteiger partial charge in [0.2, 0.25) is 0 Å². The van der Waals surface area contributed by atoms with Crippen molar-refractivity contribution >= 4 is 87.2 Å². The molecule has 70 heavy (non-hydrogen) atoms. The van der Waals surface area contributed by atoms with Gasteiger partial charge in [-0.05, 0) is 91.0 Å². The van der Waals surface area contributed by atoms with E-state index in [9.17, 15) is 0 Å². The van der Waals surface area contributed by atoms with Gasteiger partial charge in [-0.2, -0.15) is 0 Å². The first kappa shape index (κ1) is 38.6. The first-order valence-electron chi connectivity index (χ1n) is 24.0. The fraction of sp³-hybridized carbons (Fsp3) is 0. The standard InChI is InChI=1S/C65H41N5/c1-3-18-42(19-4-1)54-30-17-31-55(66-54)43-20-15-23-45(40-43)69-56-32-11-7-26-48(56)50-37-39-61-63(64(50)69)53-29-10-14-35-59(53)68(61)46-24-16-25-47(41-46)70-57-33-12-8-27-49(57)51-36-38-60-62(65(51)70)52-28-9-13-34-58(52)67(60)44-21-5-2-6-22-44/h1-41H. The molecule has 0 bridgehead atoms. The van der Waals surface area contributed by atoms with Crippen LogP contribution in [0, 0.1) is 0 Å². The van der Waals surface area contributed by atoms with Gasteiger partial charge in [0.15, 0.2) is 0 Å². The highest BCUT2D eigenvalue weighted by molar-refractivity contribution is 6.27. The van der Waals surface area contributed by atoms with E-state index in [1.807, 2.05) is 6.07 Å². The molecule has 0 aliphatic carbocycles. The largest absolute Gasteiger partial charge is 0.309 e. The average Bonchev–Trinajstić information content (AvgIpc) is 4.16. The summed E-state index contributed by atoms with van der Waals surface area (Å²) in [6, 6.07) is 90.2. The van der Waals surface area contributed by atoms with E-state index in [-0.39, 0.29) is 0 Å². The van der Waals surface area contributed by atoms with Crippen molar-refractivity contribution in [2.45, 2.75) is 0 Å². The fourth-order valence-electron chi connectivity index (χ4n) is 11.6. The van der Waals surface area contributed by atoms with Crippen molar-refractivity contribution in [2.24, 2.45) is 0 Å². The molecule has 15 aromatic rings. The summed E-state index contributed by atoms with van der Waals surface area (Å²) in [7, 11) is 0. The molecule has 0 saturated carbocycles. The molecule has 0 unspecified atom stereocenters. The molecule has 0 saturated heterocycles. The van der Waals surface area contributed by atoms with E-state index in [2.05, 4.69) is 261 Å². The van der Waals surface area contributed by atoms with Crippen LogP contribution < -0.4 is 0 Å². The van der Waals surface area contributed by atoms with Crippen molar-refractivity contribution in [3.63, 3.8) is 0 Å². The summed E-state index contributed by atoms with van der Waals surface area (Å²) in [5.41, 5.74) is 17.9. The van der Waals surface area contributed by atoms with E-state index in [1.54, 1.807) is 0 Å². The van der Waals surface area contributed by atoms with Gasteiger partial charge in [0.25, 0.3) is 0 Å². The molecule has 5 heteroatoms. The smallest absolute Gasteiger partial charge is 0.0710 e. The van der Waals surface area contributed by atoms with Gasteiger partial charge in [0, 0.05) is 77.0 Å². The molecule has 0 N–H and O–H groups in total. The van der Waals surface area contributed by atoms with Gasteiger partial charge in [-0.1, -0.05) is 158 Å². The summed E-state index contributed by atoms with van der Waals surface area (Å²) in [4.78, 5) is 5.17. The third kappa shape index (κ3) is 5.57. The molecule has 10 aromatic carbocycles. The number of benzene rings is 10. The number of hydrogen-bond donors (Lipinski definition) is 0. The van der Waals surface area contributed by atoms with Crippen LogP contribution in [0.5, 0.6) is 0 Å². The second kappa shape index (κ2) is 15.0. The van der Waals surface area contributed by atoms with Crippen LogP contribution in [0.1, 0.15) is 0 Å². The Morgan fingerprint density at radius 2 is 0.614 bits per heavy atom. The molecule has 326 valence electrons. The topological polar surface area (TPSA) is 32.6 Å². The van der Waals surface area contributed by atoms with Gasteiger partial charge in [-0.3, -0.25) is 0 Å². The average molecular weight is 892 g/mol. The minimum Gasteiger partial charge on any atom is -0.309 e. The lowest BCUT2D eigenvalue weighted by molar-refractivity contribution is 1.14. The molecule has 5 aromatic heterocycles. The van der Waals surface area contributed by atoms with Crippen LogP contribution in [0.4, 0.5) is 0 Å². The van der Waals surface area contributed by atoms with E-state index < -0.39 is 0 Å². The van der Waals surface area contributed by atoms with Gasteiger partial charge < -0.3 is 18.3 Å². The first-order valence-corrected chi connectivity index (χ1v) is 24.0. The van der Waals surface area contributed by atoms with E-state index in [4.69, 9.17) is 4.98 Å². The number of fused-ring (bicyclic) bond motifs is 14. The molecular weight excluding hydrogens is 851 g/mol.